The first-order valence-corrected chi connectivity index (χ1v) is 9.60. The summed E-state index contributed by atoms with van der Waals surface area (Å²) >= 11 is 0. The van der Waals surface area contributed by atoms with E-state index in [1.807, 2.05) is 12.1 Å². The number of aromatic nitrogens is 2. The largest absolute Gasteiger partial charge is 0.492 e. The molecule has 2 aromatic rings. The van der Waals surface area contributed by atoms with E-state index in [9.17, 15) is 5.11 Å². The molecule has 0 aliphatic carbocycles. The Labute approximate surface area is 156 Å². The van der Waals surface area contributed by atoms with Gasteiger partial charge in [0.15, 0.2) is 0 Å². The molecule has 1 heterocycles. The Bertz CT molecular complexity index is 651. The molecular weight excluding hydrogens is 324 g/mol. The van der Waals surface area contributed by atoms with Crippen LogP contribution in [0.5, 0.6) is 5.88 Å². The SMILES string of the molecule is CCCCCOC(C)CCCC=Cc1ccc(-c2ccc(O)nn2)cc1. The molecule has 0 aliphatic rings. The van der Waals surface area contributed by atoms with Crippen molar-refractivity contribution in [2.75, 3.05) is 6.61 Å². The standard InChI is InChI=1S/C22H30N2O2/c1-3-4-8-17-26-18(2)9-6-5-7-10-19-11-13-20(14-12-19)21-15-16-22(25)24-23-21/h7,10-16,18H,3-6,8-9,17H2,1-2H3,(H,24,25). The van der Waals surface area contributed by atoms with Crippen LogP contribution in [-0.4, -0.2) is 28.0 Å². The van der Waals surface area contributed by atoms with Crippen LogP contribution < -0.4 is 0 Å². The Morgan fingerprint density at radius 3 is 2.54 bits per heavy atom. The van der Waals surface area contributed by atoms with Crippen LogP contribution in [0.15, 0.2) is 42.5 Å². The summed E-state index contributed by atoms with van der Waals surface area (Å²) in [6, 6.07) is 11.5. The second kappa shape index (κ2) is 11.4. The number of nitrogens with zero attached hydrogens (tertiary/aromatic N) is 2. The molecule has 2 rings (SSSR count). The Morgan fingerprint density at radius 1 is 1.04 bits per heavy atom. The van der Waals surface area contributed by atoms with E-state index in [-0.39, 0.29) is 5.88 Å². The average Bonchev–Trinajstić information content (AvgIpc) is 2.66. The fourth-order valence-corrected chi connectivity index (χ4v) is 2.71. The summed E-state index contributed by atoms with van der Waals surface area (Å²) in [6.07, 6.45) is 11.7. The Balaban J connectivity index is 1.69. The van der Waals surface area contributed by atoms with Gasteiger partial charge in [0.25, 0.3) is 0 Å². The normalized spacial score (nSPS) is 12.5. The van der Waals surface area contributed by atoms with E-state index in [2.05, 4.69) is 48.3 Å². The first kappa shape index (κ1) is 20.1. The molecule has 0 fully saturated rings. The lowest BCUT2D eigenvalue weighted by molar-refractivity contribution is 0.0566. The molecule has 1 aromatic carbocycles. The van der Waals surface area contributed by atoms with E-state index in [4.69, 9.17) is 4.74 Å². The van der Waals surface area contributed by atoms with Crippen molar-refractivity contribution in [2.24, 2.45) is 0 Å². The number of ether oxygens (including phenoxy) is 1. The lowest BCUT2D eigenvalue weighted by Gasteiger charge is -2.11. The van der Waals surface area contributed by atoms with Crippen LogP contribution >= 0.6 is 0 Å². The minimum atomic E-state index is -0.0611. The summed E-state index contributed by atoms with van der Waals surface area (Å²) in [6.45, 7) is 5.27. The predicted molar refractivity (Wildman–Crippen MR) is 107 cm³/mol. The second-order valence-electron chi connectivity index (χ2n) is 6.62. The van der Waals surface area contributed by atoms with E-state index in [0.717, 1.165) is 37.1 Å². The summed E-state index contributed by atoms with van der Waals surface area (Å²) in [5, 5.41) is 16.9. The fourth-order valence-electron chi connectivity index (χ4n) is 2.71. The fraction of sp³-hybridized carbons (Fsp3) is 0.455. The molecule has 0 saturated heterocycles. The van der Waals surface area contributed by atoms with Crippen LogP contribution in [0.3, 0.4) is 0 Å². The van der Waals surface area contributed by atoms with Crippen molar-refractivity contribution in [3.05, 3.63) is 48.0 Å². The van der Waals surface area contributed by atoms with Gasteiger partial charge in [0.1, 0.15) is 0 Å². The first-order chi connectivity index (χ1) is 12.7. The Kier molecular flexibility index (Phi) is 8.84. The van der Waals surface area contributed by atoms with Gasteiger partial charge < -0.3 is 9.84 Å². The Hall–Kier alpha value is -2.20. The topological polar surface area (TPSA) is 55.2 Å². The van der Waals surface area contributed by atoms with Crippen LogP contribution in [0.4, 0.5) is 0 Å². The van der Waals surface area contributed by atoms with E-state index < -0.39 is 0 Å². The molecule has 4 heteroatoms. The van der Waals surface area contributed by atoms with E-state index >= 15 is 0 Å². The number of allylic oxidation sites excluding steroid dienone is 1. The molecule has 0 aliphatic heterocycles. The van der Waals surface area contributed by atoms with Gasteiger partial charge in [-0.1, -0.05) is 56.2 Å². The number of unbranched alkanes of at least 4 members (excludes halogenated alkanes) is 3. The second-order valence-corrected chi connectivity index (χ2v) is 6.62. The highest BCUT2D eigenvalue weighted by Crippen LogP contribution is 2.18. The molecule has 0 amide bonds. The zero-order chi connectivity index (χ0) is 18.6. The lowest BCUT2D eigenvalue weighted by Crippen LogP contribution is -2.08. The number of hydrogen-bond acceptors (Lipinski definition) is 4. The van der Waals surface area contributed by atoms with Gasteiger partial charge in [-0.2, -0.15) is 0 Å². The highest BCUT2D eigenvalue weighted by molar-refractivity contribution is 5.62. The number of aromatic hydroxyl groups is 1. The third-order valence-corrected chi connectivity index (χ3v) is 4.30. The highest BCUT2D eigenvalue weighted by Gasteiger charge is 2.01. The van der Waals surface area contributed by atoms with Crippen molar-refractivity contribution in [3.8, 4) is 17.1 Å². The van der Waals surface area contributed by atoms with Crippen molar-refractivity contribution >= 4 is 6.08 Å². The third-order valence-electron chi connectivity index (χ3n) is 4.30. The van der Waals surface area contributed by atoms with Crippen LogP contribution in [-0.2, 0) is 4.74 Å². The number of benzene rings is 1. The maximum Gasteiger partial charge on any atom is 0.230 e. The summed E-state index contributed by atoms with van der Waals surface area (Å²) in [4.78, 5) is 0. The van der Waals surface area contributed by atoms with Crippen molar-refractivity contribution in [1.29, 1.82) is 0 Å². The minimum absolute atomic E-state index is 0.0611. The molecule has 1 unspecified atom stereocenters. The van der Waals surface area contributed by atoms with Gasteiger partial charge in [-0.3, -0.25) is 0 Å². The molecule has 0 bridgehead atoms. The average molecular weight is 354 g/mol. The van der Waals surface area contributed by atoms with Crippen LogP contribution in [0.1, 0.15) is 57.9 Å². The summed E-state index contributed by atoms with van der Waals surface area (Å²) in [7, 11) is 0. The monoisotopic (exact) mass is 354 g/mol. The minimum Gasteiger partial charge on any atom is -0.492 e. The van der Waals surface area contributed by atoms with E-state index in [1.54, 1.807) is 12.1 Å². The molecule has 4 nitrogen and oxygen atoms in total. The molecule has 0 spiro atoms. The molecule has 26 heavy (non-hydrogen) atoms. The highest BCUT2D eigenvalue weighted by atomic mass is 16.5. The molecule has 1 N–H and O–H groups in total. The first-order valence-electron chi connectivity index (χ1n) is 9.60. The number of rotatable bonds is 11. The molecule has 0 saturated carbocycles. The van der Waals surface area contributed by atoms with Gasteiger partial charge >= 0.3 is 0 Å². The van der Waals surface area contributed by atoms with E-state index in [1.165, 1.54) is 24.8 Å². The summed E-state index contributed by atoms with van der Waals surface area (Å²) in [5.74, 6) is -0.0611. The Morgan fingerprint density at radius 2 is 1.85 bits per heavy atom. The van der Waals surface area contributed by atoms with Gasteiger partial charge in [-0.25, -0.2) is 0 Å². The van der Waals surface area contributed by atoms with Gasteiger partial charge in [-0.05, 0) is 44.2 Å². The van der Waals surface area contributed by atoms with E-state index in [0.29, 0.717) is 6.10 Å². The van der Waals surface area contributed by atoms with Crippen molar-refractivity contribution < 1.29 is 9.84 Å². The predicted octanol–water partition coefficient (Wildman–Crippen LogP) is 5.63. The quantitative estimate of drug-likeness (QED) is 0.531. The summed E-state index contributed by atoms with van der Waals surface area (Å²) < 4.78 is 5.82. The van der Waals surface area contributed by atoms with Crippen molar-refractivity contribution in [2.45, 2.75) is 58.5 Å². The van der Waals surface area contributed by atoms with Gasteiger partial charge in [0.05, 0.1) is 11.8 Å². The maximum atomic E-state index is 9.20. The molecule has 1 atom stereocenters. The zero-order valence-electron chi connectivity index (χ0n) is 15.9. The van der Waals surface area contributed by atoms with Gasteiger partial charge in [-0.15, -0.1) is 10.2 Å². The van der Waals surface area contributed by atoms with Gasteiger partial charge in [0.2, 0.25) is 5.88 Å². The van der Waals surface area contributed by atoms with Crippen LogP contribution in [0, 0.1) is 0 Å². The number of hydrogen-bond donors (Lipinski definition) is 1. The third kappa shape index (κ3) is 7.36. The molecular formula is C22H30N2O2. The molecule has 0 radical (unpaired) electrons. The van der Waals surface area contributed by atoms with Crippen LogP contribution in [0.2, 0.25) is 0 Å². The molecule has 140 valence electrons. The molecule has 1 aromatic heterocycles. The van der Waals surface area contributed by atoms with Crippen molar-refractivity contribution in [1.82, 2.24) is 10.2 Å². The summed E-state index contributed by atoms with van der Waals surface area (Å²) in [5.41, 5.74) is 2.92. The maximum absolute atomic E-state index is 9.20. The van der Waals surface area contributed by atoms with Crippen molar-refractivity contribution in [3.63, 3.8) is 0 Å². The smallest absolute Gasteiger partial charge is 0.230 e. The van der Waals surface area contributed by atoms with Gasteiger partial charge in [0, 0.05) is 18.2 Å². The lowest BCUT2D eigenvalue weighted by atomic mass is 10.1. The van der Waals surface area contributed by atoms with Crippen LogP contribution in [0.25, 0.3) is 17.3 Å². The zero-order valence-corrected chi connectivity index (χ0v) is 15.9.